The van der Waals surface area contributed by atoms with E-state index in [9.17, 15) is 14.0 Å². The highest BCUT2D eigenvalue weighted by Crippen LogP contribution is 2.27. The van der Waals surface area contributed by atoms with Gasteiger partial charge in [-0.05, 0) is 91.5 Å². The number of anilines is 1. The third-order valence-corrected chi connectivity index (χ3v) is 6.53. The molecule has 194 valence electrons. The van der Waals surface area contributed by atoms with Crippen LogP contribution in [0, 0.1) is 11.7 Å². The molecule has 0 saturated carbocycles. The van der Waals surface area contributed by atoms with Gasteiger partial charge in [0.2, 0.25) is 0 Å². The summed E-state index contributed by atoms with van der Waals surface area (Å²) in [7, 11) is 0. The van der Waals surface area contributed by atoms with Gasteiger partial charge in [-0.1, -0.05) is 23.7 Å². The molecule has 0 radical (unpaired) electrons. The highest BCUT2D eigenvalue weighted by atomic mass is 35.5. The lowest BCUT2D eigenvalue weighted by Crippen LogP contribution is -2.48. The summed E-state index contributed by atoms with van der Waals surface area (Å²) in [6, 6.07) is 19.4. The fourth-order valence-corrected chi connectivity index (χ4v) is 4.73. The lowest BCUT2D eigenvalue weighted by atomic mass is 9.96. The number of carbonyl (C=O) groups excluding carboxylic acids is 2. The molecule has 2 atom stereocenters. The van der Waals surface area contributed by atoms with Gasteiger partial charge in [-0.15, -0.1) is 0 Å². The Morgan fingerprint density at radius 3 is 2.39 bits per heavy atom. The third-order valence-electron chi connectivity index (χ3n) is 6.29. The summed E-state index contributed by atoms with van der Waals surface area (Å²) in [5, 5.41) is 12.0. The van der Waals surface area contributed by atoms with Gasteiger partial charge >= 0.3 is 0 Å². The van der Waals surface area contributed by atoms with Crippen molar-refractivity contribution in [1.29, 1.82) is 0 Å². The molecule has 0 aliphatic carbocycles. The van der Waals surface area contributed by atoms with E-state index in [1.807, 2.05) is 24.3 Å². The molecule has 10 heteroatoms. The molecule has 5 rings (SSSR count). The molecule has 1 saturated heterocycles. The number of amides is 2. The Hall–Kier alpha value is -4.08. The quantitative estimate of drug-likeness (QED) is 0.355. The zero-order valence-corrected chi connectivity index (χ0v) is 21.1. The first-order valence-corrected chi connectivity index (χ1v) is 12.5. The average molecular weight is 534 g/mol. The second kappa shape index (κ2) is 11.5. The third kappa shape index (κ3) is 6.24. The number of ether oxygens (including phenoxy) is 1. The first-order valence-electron chi connectivity index (χ1n) is 12.2. The van der Waals surface area contributed by atoms with Crippen LogP contribution in [0.3, 0.4) is 0 Å². The number of halogens is 2. The number of aromatic nitrogens is 3. The molecule has 1 aliphatic rings. The maximum Gasteiger partial charge on any atom is 0.257 e. The minimum Gasteiger partial charge on any atom is -0.457 e. The summed E-state index contributed by atoms with van der Waals surface area (Å²) in [6.45, 7) is 0.460. The Morgan fingerprint density at radius 1 is 1.03 bits per heavy atom. The predicted octanol–water partition coefficient (Wildman–Crippen LogP) is 4.64. The summed E-state index contributed by atoms with van der Waals surface area (Å²) in [5.74, 6) is 0.00536. The molecule has 0 unspecified atom stereocenters. The van der Waals surface area contributed by atoms with Crippen LogP contribution in [0.1, 0.15) is 12.0 Å². The molecule has 1 aliphatic heterocycles. The topological polar surface area (TPSA) is 89.4 Å². The first-order chi connectivity index (χ1) is 18.4. The van der Waals surface area contributed by atoms with Crippen molar-refractivity contribution in [2.75, 3.05) is 11.4 Å². The largest absolute Gasteiger partial charge is 0.457 e. The van der Waals surface area contributed by atoms with Crippen molar-refractivity contribution >= 4 is 29.1 Å². The van der Waals surface area contributed by atoms with Gasteiger partial charge in [-0.25, -0.2) is 9.29 Å². The van der Waals surface area contributed by atoms with E-state index in [0.29, 0.717) is 35.2 Å². The van der Waals surface area contributed by atoms with Crippen molar-refractivity contribution in [3.05, 3.63) is 102 Å². The Labute approximate surface area is 224 Å². The molecule has 1 fully saturated rings. The Morgan fingerprint density at radius 2 is 1.71 bits per heavy atom. The van der Waals surface area contributed by atoms with Crippen molar-refractivity contribution in [3.63, 3.8) is 0 Å². The molecular formula is C28H25ClFN5O3. The van der Waals surface area contributed by atoms with E-state index in [1.54, 1.807) is 24.3 Å². The van der Waals surface area contributed by atoms with Crippen LogP contribution in [-0.2, 0) is 22.6 Å². The van der Waals surface area contributed by atoms with Crippen LogP contribution in [-0.4, -0.2) is 39.4 Å². The molecule has 1 aromatic heterocycles. The fraction of sp³-hybridized carbons (Fsp3) is 0.214. The van der Waals surface area contributed by atoms with Gasteiger partial charge in [0.15, 0.2) is 0 Å². The Bertz CT molecular complexity index is 1400. The number of nitrogens with zero attached hydrogens (tertiary/aromatic N) is 4. The number of nitrogens with one attached hydrogen (secondary N) is 1. The minimum atomic E-state index is -0.524. The van der Waals surface area contributed by atoms with Gasteiger partial charge < -0.3 is 10.1 Å². The summed E-state index contributed by atoms with van der Waals surface area (Å²) < 4.78 is 18.9. The molecule has 4 aromatic rings. The maximum absolute atomic E-state index is 13.7. The standard InChI is InChI=1S/C28H25ClFN5O3/c29-21-3-1-2-19(15-21)14-20-16-26(31-17-20)28(37)35(27(36)18-34-32-12-13-33-34)23-6-10-25(11-7-23)38-24-8-4-22(30)5-9-24/h1-13,15,20,26,31H,14,16-18H2/t20-,26+/m1/s1. The second-order valence-electron chi connectivity index (χ2n) is 9.07. The van der Waals surface area contributed by atoms with Crippen LogP contribution in [0.2, 0.25) is 5.02 Å². The molecule has 2 heterocycles. The van der Waals surface area contributed by atoms with E-state index in [-0.39, 0.29) is 24.2 Å². The molecule has 2 amide bonds. The van der Waals surface area contributed by atoms with Crippen LogP contribution in [0.25, 0.3) is 0 Å². The zero-order valence-electron chi connectivity index (χ0n) is 20.3. The summed E-state index contributed by atoms with van der Waals surface area (Å²) in [6.07, 6.45) is 4.30. The normalized spacial score (nSPS) is 16.8. The van der Waals surface area contributed by atoms with Gasteiger partial charge in [-0.2, -0.15) is 15.0 Å². The van der Waals surface area contributed by atoms with Crippen LogP contribution in [0.15, 0.2) is 85.2 Å². The highest BCUT2D eigenvalue weighted by molar-refractivity contribution is 6.30. The Balaban J connectivity index is 1.32. The summed E-state index contributed by atoms with van der Waals surface area (Å²) in [5.41, 5.74) is 1.51. The number of imide groups is 1. The highest BCUT2D eigenvalue weighted by Gasteiger charge is 2.35. The van der Waals surface area contributed by atoms with Gasteiger partial charge in [0.05, 0.1) is 24.1 Å². The van der Waals surface area contributed by atoms with Crippen LogP contribution in [0.4, 0.5) is 10.1 Å². The molecule has 0 bridgehead atoms. The van der Waals surface area contributed by atoms with E-state index < -0.39 is 11.9 Å². The average Bonchev–Trinajstić information content (AvgIpc) is 3.59. The van der Waals surface area contributed by atoms with Crippen LogP contribution < -0.4 is 15.0 Å². The van der Waals surface area contributed by atoms with E-state index in [2.05, 4.69) is 15.5 Å². The number of rotatable bonds is 8. The van der Waals surface area contributed by atoms with Crippen LogP contribution in [0.5, 0.6) is 11.5 Å². The predicted molar refractivity (Wildman–Crippen MR) is 140 cm³/mol. The molecule has 1 N–H and O–H groups in total. The van der Waals surface area contributed by atoms with E-state index in [0.717, 1.165) is 12.0 Å². The van der Waals surface area contributed by atoms with E-state index in [1.165, 1.54) is 46.4 Å². The smallest absolute Gasteiger partial charge is 0.257 e. The first kappa shape index (κ1) is 25.6. The number of benzene rings is 3. The molecule has 0 spiro atoms. The monoisotopic (exact) mass is 533 g/mol. The SMILES string of the molecule is O=C(Cn1nccn1)N(C(=O)[C@@H]1C[C@@H](Cc2cccc(Cl)c2)CN1)c1ccc(Oc2ccc(F)cc2)cc1. The zero-order chi connectivity index (χ0) is 26.5. The van der Waals surface area contributed by atoms with Gasteiger partial charge in [0.1, 0.15) is 23.9 Å². The van der Waals surface area contributed by atoms with Crippen molar-refractivity contribution in [3.8, 4) is 11.5 Å². The lowest BCUT2D eigenvalue weighted by molar-refractivity contribution is -0.128. The van der Waals surface area contributed by atoms with Crippen molar-refractivity contribution in [2.45, 2.75) is 25.4 Å². The van der Waals surface area contributed by atoms with Crippen LogP contribution >= 0.6 is 11.6 Å². The van der Waals surface area contributed by atoms with Gasteiger partial charge in [0.25, 0.3) is 11.8 Å². The summed E-state index contributed by atoms with van der Waals surface area (Å²) >= 11 is 6.12. The van der Waals surface area contributed by atoms with E-state index in [4.69, 9.17) is 16.3 Å². The number of hydrogen-bond donors (Lipinski definition) is 1. The maximum atomic E-state index is 13.7. The Kier molecular flexibility index (Phi) is 7.76. The second-order valence-corrected chi connectivity index (χ2v) is 9.51. The van der Waals surface area contributed by atoms with Gasteiger partial charge in [-0.3, -0.25) is 9.59 Å². The van der Waals surface area contributed by atoms with Crippen molar-refractivity contribution in [1.82, 2.24) is 20.3 Å². The summed E-state index contributed by atoms with van der Waals surface area (Å²) in [4.78, 5) is 29.4. The minimum absolute atomic E-state index is 0.189. The van der Waals surface area contributed by atoms with Crippen molar-refractivity contribution in [2.24, 2.45) is 5.92 Å². The number of hydrogen-bond acceptors (Lipinski definition) is 6. The molecule has 8 nitrogen and oxygen atoms in total. The molecule has 38 heavy (non-hydrogen) atoms. The fourth-order valence-electron chi connectivity index (χ4n) is 4.52. The number of carbonyl (C=O) groups is 2. The molecule has 3 aromatic carbocycles. The van der Waals surface area contributed by atoms with Crippen molar-refractivity contribution < 1.29 is 18.7 Å². The lowest BCUT2D eigenvalue weighted by Gasteiger charge is -2.24. The van der Waals surface area contributed by atoms with Gasteiger partial charge in [0, 0.05) is 5.02 Å². The molecular weight excluding hydrogens is 509 g/mol. The van der Waals surface area contributed by atoms with E-state index >= 15 is 0 Å².